The highest BCUT2D eigenvalue weighted by atomic mass is 15.2. The lowest BCUT2D eigenvalue weighted by Gasteiger charge is -2.16. The number of pyridine rings is 1. The van der Waals surface area contributed by atoms with Gasteiger partial charge in [-0.15, -0.1) is 0 Å². The molecule has 1 heterocycles. The molecule has 1 aromatic rings. The molecule has 0 aromatic carbocycles. The molecule has 4 heteroatoms. The van der Waals surface area contributed by atoms with Crippen molar-refractivity contribution in [3.8, 4) is 0 Å². The van der Waals surface area contributed by atoms with Crippen LogP contribution in [-0.2, 0) is 0 Å². The van der Waals surface area contributed by atoms with Crippen molar-refractivity contribution >= 4 is 11.5 Å². The van der Waals surface area contributed by atoms with Crippen LogP contribution in [0.3, 0.4) is 0 Å². The minimum absolute atomic E-state index is 0.590. The van der Waals surface area contributed by atoms with Crippen molar-refractivity contribution in [1.29, 1.82) is 0 Å². The topological polar surface area (TPSA) is 63.0 Å². The minimum atomic E-state index is 0.590. The van der Waals surface area contributed by atoms with E-state index in [1.165, 1.54) is 38.5 Å². The van der Waals surface area contributed by atoms with Gasteiger partial charge in [-0.1, -0.05) is 25.7 Å². The van der Waals surface area contributed by atoms with Gasteiger partial charge in [0.25, 0.3) is 0 Å². The van der Waals surface area contributed by atoms with Crippen molar-refractivity contribution in [2.24, 2.45) is 5.84 Å². The summed E-state index contributed by atoms with van der Waals surface area (Å²) in [6, 6.07) is 4.50. The monoisotopic (exact) mass is 220 g/mol. The van der Waals surface area contributed by atoms with Crippen LogP contribution in [0.1, 0.15) is 38.5 Å². The van der Waals surface area contributed by atoms with E-state index in [4.69, 9.17) is 5.84 Å². The normalized spacial score (nSPS) is 17.8. The predicted octanol–water partition coefficient (Wildman–Crippen LogP) is 2.50. The molecule has 1 aliphatic carbocycles. The Labute approximate surface area is 96.6 Å². The number of nitrogen functional groups attached to an aromatic ring is 1. The average molecular weight is 220 g/mol. The summed E-state index contributed by atoms with van der Waals surface area (Å²) >= 11 is 0. The molecule has 1 fully saturated rings. The van der Waals surface area contributed by atoms with Crippen LogP contribution in [0, 0.1) is 0 Å². The van der Waals surface area contributed by atoms with Crippen molar-refractivity contribution < 1.29 is 0 Å². The van der Waals surface area contributed by atoms with Gasteiger partial charge < -0.3 is 10.7 Å². The Balaban J connectivity index is 1.91. The molecule has 0 atom stereocenters. The number of nitrogens with two attached hydrogens (primary N) is 1. The first-order chi connectivity index (χ1) is 7.88. The summed E-state index contributed by atoms with van der Waals surface area (Å²) in [7, 11) is 0. The van der Waals surface area contributed by atoms with Crippen LogP contribution in [-0.4, -0.2) is 11.0 Å². The smallest absolute Gasteiger partial charge is 0.126 e. The van der Waals surface area contributed by atoms with Gasteiger partial charge in [-0.05, 0) is 25.0 Å². The highest BCUT2D eigenvalue weighted by Gasteiger charge is 2.11. The summed E-state index contributed by atoms with van der Waals surface area (Å²) in [4.78, 5) is 4.32. The Morgan fingerprint density at radius 2 is 1.88 bits per heavy atom. The number of rotatable bonds is 3. The van der Waals surface area contributed by atoms with Gasteiger partial charge in [-0.3, -0.25) is 5.84 Å². The number of hydrogen-bond donors (Lipinski definition) is 3. The van der Waals surface area contributed by atoms with Gasteiger partial charge in [0.05, 0.1) is 11.9 Å². The third kappa shape index (κ3) is 3.10. The van der Waals surface area contributed by atoms with E-state index in [9.17, 15) is 0 Å². The zero-order chi connectivity index (χ0) is 11.2. The maximum atomic E-state index is 5.29. The fourth-order valence-electron chi connectivity index (χ4n) is 2.20. The van der Waals surface area contributed by atoms with Gasteiger partial charge in [0.1, 0.15) is 5.82 Å². The summed E-state index contributed by atoms with van der Waals surface area (Å²) in [6.45, 7) is 0. The number of hydrazine groups is 1. The summed E-state index contributed by atoms with van der Waals surface area (Å²) in [5.41, 5.74) is 3.42. The lowest BCUT2D eigenvalue weighted by Crippen LogP contribution is -2.19. The van der Waals surface area contributed by atoms with Gasteiger partial charge in [0.15, 0.2) is 0 Å². The first kappa shape index (κ1) is 11.2. The Hall–Kier alpha value is -1.29. The molecule has 1 saturated carbocycles. The van der Waals surface area contributed by atoms with Gasteiger partial charge in [0, 0.05) is 6.04 Å². The Bertz CT molecular complexity index is 301. The molecule has 0 unspecified atom stereocenters. The number of nitrogens with zero attached hydrogens (tertiary/aromatic N) is 1. The van der Waals surface area contributed by atoms with Crippen LogP contribution in [0.15, 0.2) is 18.3 Å². The third-order valence-corrected chi connectivity index (χ3v) is 3.14. The minimum Gasteiger partial charge on any atom is -0.367 e. The molecule has 0 amide bonds. The molecule has 2 rings (SSSR count). The highest BCUT2D eigenvalue weighted by molar-refractivity contribution is 5.46. The Morgan fingerprint density at radius 3 is 2.44 bits per heavy atom. The summed E-state index contributed by atoms with van der Waals surface area (Å²) in [5, 5.41) is 3.49. The number of aromatic nitrogens is 1. The summed E-state index contributed by atoms with van der Waals surface area (Å²) in [5.74, 6) is 6.24. The molecule has 0 bridgehead atoms. The predicted molar refractivity (Wildman–Crippen MR) is 67.2 cm³/mol. The molecule has 1 aliphatic rings. The molecule has 0 spiro atoms. The van der Waals surface area contributed by atoms with E-state index in [0.717, 1.165) is 11.5 Å². The lowest BCUT2D eigenvalue weighted by molar-refractivity contribution is 0.618. The van der Waals surface area contributed by atoms with E-state index >= 15 is 0 Å². The molecule has 16 heavy (non-hydrogen) atoms. The van der Waals surface area contributed by atoms with Gasteiger partial charge in [0.2, 0.25) is 0 Å². The fourth-order valence-corrected chi connectivity index (χ4v) is 2.20. The first-order valence-electron chi connectivity index (χ1n) is 6.08. The standard InChI is InChI=1S/C12H20N4/c13-16-11-7-8-12(14-9-11)15-10-5-3-1-2-4-6-10/h7-10,16H,1-6,13H2,(H,14,15). The van der Waals surface area contributed by atoms with E-state index in [1.54, 1.807) is 6.20 Å². The van der Waals surface area contributed by atoms with Gasteiger partial charge >= 0.3 is 0 Å². The van der Waals surface area contributed by atoms with Crippen molar-refractivity contribution in [1.82, 2.24) is 4.98 Å². The fraction of sp³-hybridized carbons (Fsp3) is 0.583. The van der Waals surface area contributed by atoms with E-state index in [0.29, 0.717) is 6.04 Å². The highest BCUT2D eigenvalue weighted by Crippen LogP contribution is 2.20. The number of anilines is 2. The van der Waals surface area contributed by atoms with Crippen LogP contribution >= 0.6 is 0 Å². The van der Waals surface area contributed by atoms with E-state index in [-0.39, 0.29) is 0 Å². The van der Waals surface area contributed by atoms with Crippen LogP contribution in [0.2, 0.25) is 0 Å². The van der Waals surface area contributed by atoms with Crippen LogP contribution in [0.4, 0.5) is 11.5 Å². The SMILES string of the molecule is NNc1ccc(NC2CCCCCC2)nc1. The van der Waals surface area contributed by atoms with Crippen LogP contribution < -0.4 is 16.6 Å². The molecular formula is C12H20N4. The van der Waals surface area contributed by atoms with Crippen molar-refractivity contribution in [3.63, 3.8) is 0 Å². The summed E-state index contributed by atoms with van der Waals surface area (Å²) < 4.78 is 0. The second kappa shape index (κ2) is 5.70. The Kier molecular flexibility index (Phi) is 3.99. The second-order valence-electron chi connectivity index (χ2n) is 4.41. The quantitative estimate of drug-likeness (QED) is 0.416. The van der Waals surface area contributed by atoms with Gasteiger partial charge in [-0.25, -0.2) is 4.98 Å². The molecule has 0 radical (unpaired) electrons. The molecule has 1 aromatic heterocycles. The average Bonchev–Trinajstić information content (AvgIpc) is 2.59. The maximum absolute atomic E-state index is 5.29. The summed E-state index contributed by atoms with van der Waals surface area (Å²) in [6.07, 6.45) is 9.69. The molecule has 0 aliphatic heterocycles. The third-order valence-electron chi connectivity index (χ3n) is 3.14. The number of hydrogen-bond acceptors (Lipinski definition) is 4. The number of nitrogens with one attached hydrogen (secondary N) is 2. The molecule has 0 saturated heterocycles. The van der Waals surface area contributed by atoms with Crippen molar-refractivity contribution in [2.45, 2.75) is 44.6 Å². The van der Waals surface area contributed by atoms with Crippen molar-refractivity contribution in [3.05, 3.63) is 18.3 Å². The second-order valence-corrected chi connectivity index (χ2v) is 4.41. The van der Waals surface area contributed by atoms with Crippen molar-refractivity contribution in [2.75, 3.05) is 10.7 Å². The Morgan fingerprint density at radius 1 is 1.12 bits per heavy atom. The largest absolute Gasteiger partial charge is 0.367 e. The van der Waals surface area contributed by atoms with Crippen LogP contribution in [0.25, 0.3) is 0 Å². The zero-order valence-electron chi connectivity index (χ0n) is 9.58. The van der Waals surface area contributed by atoms with Gasteiger partial charge in [-0.2, -0.15) is 0 Å². The maximum Gasteiger partial charge on any atom is 0.126 e. The van der Waals surface area contributed by atoms with E-state index in [2.05, 4.69) is 15.7 Å². The zero-order valence-corrected chi connectivity index (χ0v) is 9.58. The first-order valence-corrected chi connectivity index (χ1v) is 6.08. The molecule has 4 N–H and O–H groups in total. The molecule has 88 valence electrons. The molecular weight excluding hydrogens is 200 g/mol. The van der Waals surface area contributed by atoms with E-state index < -0.39 is 0 Å². The van der Waals surface area contributed by atoms with E-state index in [1.807, 2.05) is 12.1 Å². The lowest BCUT2D eigenvalue weighted by atomic mass is 10.1. The van der Waals surface area contributed by atoms with Crippen LogP contribution in [0.5, 0.6) is 0 Å². The molecule has 4 nitrogen and oxygen atoms in total.